The maximum Gasteiger partial charge on any atom is 0.320 e. The fraction of sp³-hybridized carbons (Fsp3) is 0.818. The van der Waals surface area contributed by atoms with Crippen molar-refractivity contribution in [3.8, 4) is 5.75 Å². The zero-order valence-corrected chi connectivity index (χ0v) is 57.1. The van der Waals surface area contributed by atoms with Crippen LogP contribution in [0.4, 0.5) is 0 Å². The molecule has 89 heavy (non-hydrogen) atoms. The van der Waals surface area contributed by atoms with Gasteiger partial charge in [0.2, 0.25) is 11.8 Å². The Morgan fingerprint density at radius 2 is 0.820 bits per heavy atom. The number of nitrogens with zero attached hydrogens (tertiary/aromatic N) is 4. The molecule has 0 spiro atoms. The van der Waals surface area contributed by atoms with Crippen LogP contribution >= 0.6 is 0 Å². The molecule has 23 nitrogen and oxygen atoms in total. The van der Waals surface area contributed by atoms with Crippen molar-refractivity contribution >= 4 is 35.7 Å². The summed E-state index contributed by atoms with van der Waals surface area (Å²) < 4.78 is 57.0. The fourth-order valence-corrected chi connectivity index (χ4v) is 9.29. The van der Waals surface area contributed by atoms with Crippen LogP contribution in [-0.2, 0) is 77.8 Å². The predicted octanol–water partition coefficient (Wildman–Crippen LogP) is 6.13. The zero-order valence-electron chi connectivity index (χ0n) is 57.1. The van der Waals surface area contributed by atoms with Gasteiger partial charge < -0.3 is 63.7 Å². The second-order valence-corrected chi connectivity index (χ2v) is 27.0. The zero-order chi connectivity index (χ0) is 66.1. The number of carbonyl (C=O) groups is 6. The summed E-state index contributed by atoms with van der Waals surface area (Å²) in [7, 11) is 0. The van der Waals surface area contributed by atoms with Gasteiger partial charge in [0.15, 0.2) is 0 Å². The minimum Gasteiger partial charge on any atom is -0.494 e. The van der Waals surface area contributed by atoms with Crippen molar-refractivity contribution in [1.82, 2.24) is 30.2 Å². The van der Waals surface area contributed by atoms with Crippen molar-refractivity contribution < 1.29 is 76.1 Å². The Morgan fingerprint density at radius 1 is 0.461 bits per heavy atom. The normalized spacial score (nSPS) is 16.0. The molecule has 0 radical (unpaired) electrons. The van der Waals surface area contributed by atoms with E-state index in [1.807, 2.05) is 129 Å². The Labute approximate surface area is 534 Å². The van der Waals surface area contributed by atoms with Gasteiger partial charge in [-0.15, -0.1) is 0 Å². The van der Waals surface area contributed by atoms with Gasteiger partial charge in [-0.3, -0.25) is 48.4 Å². The minimum absolute atomic E-state index is 0.00486. The molecule has 0 saturated carbocycles. The van der Waals surface area contributed by atoms with E-state index in [1.54, 1.807) is 0 Å². The lowest BCUT2D eigenvalue weighted by molar-refractivity contribution is -0.160. The van der Waals surface area contributed by atoms with E-state index in [1.165, 1.54) is 0 Å². The van der Waals surface area contributed by atoms with E-state index in [-0.39, 0.29) is 74.4 Å². The van der Waals surface area contributed by atoms with Crippen LogP contribution in [0.2, 0.25) is 0 Å². The molecule has 4 N–H and O–H groups in total. The Kier molecular flexibility index (Phi) is 40.6. The number of nitrogens with one attached hydrogen (secondary N) is 2. The van der Waals surface area contributed by atoms with Gasteiger partial charge in [-0.1, -0.05) is 37.8 Å². The Bertz CT molecular complexity index is 2110. The van der Waals surface area contributed by atoms with Gasteiger partial charge in [0.25, 0.3) is 0 Å². The molecule has 2 amide bonds. The van der Waals surface area contributed by atoms with Crippen LogP contribution in [0.5, 0.6) is 5.75 Å². The summed E-state index contributed by atoms with van der Waals surface area (Å²) in [5, 5.41) is 5.87. The Hall–Kier alpha value is -4.56. The second-order valence-electron chi connectivity index (χ2n) is 27.0. The summed E-state index contributed by atoms with van der Waals surface area (Å²) in [5.41, 5.74) is 3.93. The molecule has 2 rings (SSSR count). The van der Waals surface area contributed by atoms with Crippen LogP contribution in [0.25, 0.3) is 0 Å². The molecule has 2 atom stereocenters. The summed E-state index contributed by atoms with van der Waals surface area (Å²) >= 11 is 0. The molecule has 1 saturated heterocycles. The van der Waals surface area contributed by atoms with E-state index in [0.29, 0.717) is 144 Å². The number of rotatable bonds is 42. The Morgan fingerprint density at radius 3 is 1.25 bits per heavy atom. The van der Waals surface area contributed by atoms with E-state index in [4.69, 9.17) is 53.1 Å². The van der Waals surface area contributed by atoms with Crippen LogP contribution in [0.3, 0.4) is 0 Å². The molecular weight excluding hydrogens is 1150 g/mol. The average molecular weight is 1270 g/mol. The number of amides is 2. The van der Waals surface area contributed by atoms with Gasteiger partial charge >= 0.3 is 23.9 Å². The maximum absolute atomic E-state index is 13.8. The predicted molar refractivity (Wildman–Crippen MR) is 344 cm³/mol. The highest BCUT2D eigenvalue weighted by molar-refractivity contribution is 5.76. The number of benzene rings is 1. The third-order valence-corrected chi connectivity index (χ3v) is 13.4. The summed E-state index contributed by atoms with van der Waals surface area (Å²) in [5.74, 6) is -0.844. The van der Waals surface area contributed by atoms with E-state index in [2.05, 4.69) is 15.5 Å². The minimum atomic E-state index is -0.725. The number of hydrogen-bond donors (Lipinski definition) is 3. The number of carbonyl (C=O) groups excluding carboxylic acids is 6. The summed E-state index contributed by atoms with van der Waals surface area (Å²) in [6, 6.07) is 7.84. The highest BCUT2D eigenvalue weighted by Gasteiger charge is 2.31. The first-order chi connectivity index (χ1) is 41.9. The second kappa shape index (κ2) is 44.9. The Balaban J connectivity index is 1.84. The molecule has 0 bridgehead atoms. The molecule has 1 aromatic rings. The van der Waals surface area contributed by atoms with Crippen LogP contribution in [0.1, 0.15) is 160 Å². The van der Waals surface area contributed by atoms with Crippen molar-refractivity contribution in [2.45, 2.75) is 195 Å². The smallest absolute Gasteiger partial charge is 0.320 e. The van der Waals surface area contributed by atoms with Crippen molar-refractivity contribution in [2.24, 2.45) is 5.73 Å². The van der Waals surface area contributed by atoms with Crippen molar-refractivity contribution in [1.29, 1.82) is 0 Å². The highest BCUT2D eigenvalue weighted by atomic mass is 16.6. The van der Waals surface area contributed by atoms with Crippen molar-refractivity contribution in [3.05, 3.63) is 29.8 Å². The standard InChI is InChI=1S/C66H119N7O16/c1-53(67)21-17-19-29-69-58(75)27-38-81-40-42-83-44-46-84-45-43-82-41-39-80-37-26-57(74)68-28-18-15-14-16-20-36-85-56-24-22-54(23-25-56)47-55-48-72(51-61(78)88-65(8,9)10)33-32-70(49-59(76)86-63(2,3)4)30-31-71(50-60(77)87-64(5,6)7)34-35-73(55)52-62(79)89-66(11,12)13/h22-25,53,55H,14-21,26-52,67H2,1-13H3,(H,68,74)(H,69,75)/t53-,55-/m0/s1. The molecule has 514 valence electrons. The van der Waals surface area contributed by atoms with Crippen LogP contribution < -0.4 is 21.1 Å². The van der Waals surface area contributed by atoms with Crippen LogP contribution in [0.15, 0.2) is 24.3 Å². The summed E-state index contributed by atoms with van der Waals surface area (Å²) in [4.78, 5) is 86.3. The number of esters is 4. The summed E-state index contributed by atoms with van der Waals surface area (Å²) in [6.45, 7) is 32.6. The van der Waals surface area contributed by atoms with Gasteiger partial charge in [-0.25, -0.2) is 0 Å². The first-order valence-corrected chi connectivity index (χ1v) is 32.6. The SMILES string of the molecule is C[C@H](N)CCCCNC(=O)CCOCCOCCOCCOCCOCCC(=O)NCCCCCCCOc1ccc(C[C@H]2CN(CC(=O)OC(C)(C)C)CCN(CC(=O)OC(C)(C)C)CCN(CC(=O)OC(C)(C)C)CCN2CC(=O)OC(C)(C)C)cc1. The average Bonchev–Trinajstić information content (AvgIpc) is 2.44. The lowest BCUT2D eigenvalue weighted by Crippen LogP contribution is -2.54. The molecule has 1 aliphatic heterocycles. The number of nitrogens with two attached hydrogens (primary N) is 1. The van der Waals surface area contributed by atoms with Gasteiger partial charge in [0.05, 0.1) is 98.9 Å². The van der Waals surface area contributed by atoms with Crippen molar-refractivity contribution in [3.63, 3.8) is 0 Å². The van der Waals surface area contributed by atoms with Gasteiger partial charge in [0, 0.05) is 83.8 Å². The molecular formula is C66H119N7O16. The number of ether oxygens (including phenoxy) is 10. The van der Waals surface area contributed by atoms with E-state index in [0.717, 1.165) is 62.7 Å². The van der Waals surface area contributed by atoms with Gasteiger partial charge in [0.1, 0.15) is 28.2 Å². The first-order valence-electron chi connectivity index (χ1n) is 32.6. The van der Waals surface area contributed by atoms with E-state index in [9.17, 15) is 28.8 Å². The number of unbranched alkanes of at least 4 members (excludes halogenated alkanes) is 5. The monoisotopic (exact) mass is 1270 g/mol. The van der Waals surface area contributed by atoms with Crippen LogP contribution in [-0.4, -0.2) is 248 Å². The van der Waals surface area contributed by atoms with Crippen molar-refractivity contribution in [2.75, 3.05) is 158 Å². The van der Waals surface area contributed by atoms with Gasteiger partial charge in [-0.2, -0.15) is 0 Å². The molecule has 1 fully saturated rings. The fourth-order valence-electron chi connectivity index (χ4n) is 9.29. The molecule has 23 heteroatoms. The molecule has 1 aliphatic rings. The third-order valence-electron chi connectivity index (χ3n) is 13.4. The molecule has 0 unspecified atom stereocenters. The summed E-state index contributed by atoms with van der Waals surface area (Å²) in [6.07, 6.45) is 8.76. The van der Waals surface area contributed by atoms with E-state index >= 15 is 0 Å². The maximum atomic E-state index is 13.8. The highest BCUT2D eigenvalue weighted by Crippen LogP contribution is 2.20. The molecule has 0 aromatic heterocycles. The topological polar surface area (TPSA) is 258 Å². The number of hydrogen-bond acceptors (Lipinski definition) is 21. The molecule has 1 aromatic carbocycles. The third kappa shape index (κ3) is 47.1. The van der Waals surface area contributed by atoms with Crippen LogP contribution in [0, 0.1) is 0 Å². The van der Waals surface area contributed by atoms with Gasteiger partial charge in [-0.05, 0) is 140 Å². The molecule has 1 heterocycles. The first kappa shape index (κ1) is 80.5. The molecule has 0 aliphatic carbocycles. The largest absolute Gasteiger partial charge is 0.494 e. The van der Waals surface area contributed by atoms with E-state index < -0.39 is 28.4 Å². The lowest BCUT2D eigenvalue weighted by atomic mass is 10.0. The quantitative estimate of drug-likeness (QED) is 0.0378. The lowest BCUT2D eigenvalue weighted by Gasteiger charge is -2.39.